The maximum atomic E-state index is 13.5. The molecule has 1 fully saturated rings. The number of nitrogens with one attached hydrogen (secondary N) is 2. The quantitative estimate of drug-likeness (QED) is 0.299. The van der Waals surface area contributed by atoms with E-state index < -0.39 is 12.1 Å². The van der Waals surface area contributed by atoms with Gasteiger partial charge in [-0.3, -0.25) is 19.2 Å². The molecule has 9 nitrogen and oxygen atoms in total. The van der Waals surface area contributed by atoms with Crippen molar-refractivity contribution >= 4 is 34.4 Å². The second kappa shape index (κ2) is 11.2. The Labute approximate surface area is 232 Å². The van der Waals surface area contributed by atoms with Crippen molar-refractivity contribution in [2.45, 2.75) is 45.2 Å². The number of likely N-dealkylation sites (tertiary alicyclic amines) is 1. The van der Waals surface area contributed by atoms with Gasteiger partial charge in [-0.25, -0.2) is 4.79 Å². The van der Waals surface area contributed by atoms with E-state index in [1.807, 2.05) is 51.5 Å². The minimum Gasteiger partial charge on any atom is -0.465 e. The third-order valence-electron chi connectivity index (χ3n) is 7.55. The summed E-state index contributed by atoms with van der Waals surface area (Å²) < 4.78 is 1.76. The Morgan fingerprint density at radius 1 is 1.05 bits per heavy atom. The number of benzene rings is 3. The van der Waals surface area contributed by atoms with Crippen LogP contribution in [0.15, 0.2) is 67.0 Å². The van der Waals surface area contributed by atoms with E-state index in [1.165, 1.54) is 4.90 Å². The highest BCUT2D eigenvalue weighted by molar-refractivity contribution is 6.00. The van der Waals surface area contributed by atoms with Gasteiger partial charge in [0.1, 0.15) is 6.04 Å². The fourth-order valence-electron chi connectivity index (χ4n) is 5.39. The summed E-state index contributed by atoms with van der Waals surface area (Å²) in [6, 6.07) is 16.4. The normalized spacial score (nSPS) is 16.0. The van der Waals surface area contributed by atoms with Gasteiger partial charge in [0.15, 0.2) is 0 Å². The lowest BCUT2D eigenvalue weighted by molar-refractivity contribution is -0.121. The summed E-state index contributed by atoms with van der Waals surface area (Å²) >= 11 is 0. The van der Waals surface area contributed by atoms with Gasteiger partial charge in [-0.1, -0.05) is 30.3 Å². The number of aryl methyl sites for hydroxylation is 2. The maximum Gasteiger partial charge on any atom is 0.407 e. The molecule has 9 heteroatoms. The predicted octanol–water partition coefficient (Wildman–Crippen LogP) is 5.51. The summed E-state index contributed by atoms with van der Waals surface area (Å²) in [5.74, 6) is -0.647. The van der Waals surface area contributed by atoms with Gasteiger partial charge in [0.25, 0.3) is 5.91 Å². The molecule has 1 aromatic heterocycles. The number of carbonyl (C=O) groups is 3. The molecule has 40 heavy (non-hydrogen) atoms. The van der Waals surface area contributed by atoms with Crippen LogP contribution in [0.5, 0.6) is 0 Å². The van der Waals surface area contributed by atoms with E-state index in [0.29, 0.717) is 24.2 Å². The first kappa shape index (κ1) is 26.9. The van der Waals surface area contributed by atoms with Crippen LogP contribution in [-0.2, 0) is 11.8 Å². The Morgan fingerprint density at radius 3 is 2.60 bits per heavy atom. The van der Waals surface area contributed by atoms with Crippen LogP contribution in [0.1, 0.15) is 53.7 Å². The highest BCUT2D eigenvalue weighted by atomic mass is 16.4. The Morgan fingerprint density at radius 2 is 1.85 bits per heavy atom. The Balaban J connectivity index is 1.38. The number of fused-ring (bicyclic) bond motifs is 1. The first-order chi connectivity index (χ1) is 19.2. The van der Waals surface area contributed by atoms with Crippen molar-refractivity contribution < 1.29 is 19.5 Å². The molecule has 2 unspecified atom stereocenters. The van der Waals surface area contributed by atoms with Crippen LogP contribution in [0, 0.1) is 6.92 Å². The van der Waals surface area contributed by atoms with Crippen molar-refractivity contribution in [3.63, 3.8) is 0 Å². The number of carbonyl (C=O) groups excluding carboxylic acids is 2. The lowest BCUT2D eigenvalue weighted by atomic mass is 9.94. The number of rotatable bonds is 6. The van der Waals surface area contributed by atoms with E-state index in [0.717, 1.165) is 45.9 Å². The molecule has 0 aliphatic carbocycles. The highest BCUT2D eigenvalue weighted by Crippen LogP contribution is 2.31. The topological polar surface area (TPSA) is 117 Å². The van der Waals surface area contributed by atoms with Crippen molar-refractivity contribution in [2.24, 2.45) is 7.05 Å². The molecular formula is C31H33N5O4. The molecule has 3 amide bonds. The minimum atomic E-state index is -1.10. The molecule has 3 aromatic carbocycles. The Bertz CT molecular complexity index is 1590. The molecule has 5 rings (SSSR count). The standard InChI is InChI=1S/C31H33N5O4/c1-19-11-12-24(34-30(38)28-10-6-7-13-36(28)31(39)40)16-26(19)29(37)33-20(2)27-15-22(23-17-32-35(3)18-23)14-21-8-4-5-9-25(21)27/h4-5,8-9,11-12,14-18,20,28H,6-7,10,13H2,1-3H3,(H,33,37)(H,34,38)(H,39,40). The zero-order valence-electron chi connectivity index (χ0n) is 22.8. The van der Waals surface area contributed by atoms with Gasteiger partial charge in [-0.05, 0) is 84.8 Å². The predicted molar refractivity (Wildman–Crippen MR) is 154 cm³/mol. The highest BCUT2D eigenvalue weighted by Gasteiger charge is 2.32. The number of anilines is 1. The van der Waals surface area contributed by atoms with Crippen molar-refractivity contribution in [2.75, 3.05) is 11.9 Å². The number of piperidine rings is 1. The molecule has 1 aliphatic rings. The molecule has 1 saturated heterocycles. The second-order valence-corrected chi connectivity index (χ2v) is 10.4. The van der Waals surface area contributed by atoms with Crippen LogP contribution in [0.25, 0.3) is 21.9 Å². The minimum absolute atomic E-state index is 0.262. The van der Waals surface area contributed by atoms with E-state index in [2.05, 4.69) is 33.9 Å². The molecule has 0 radical (unpaired) electrons. The number of hydrogen-bond donors (Lipinski definition) is 3. The zero-order chi connectivity index (χ0) is 28.4. The summed E-state index contributed by atoms with van der Waals surface area (Å²) in [4.78, 5) is 39.3. The third-order valence-corrected chi connectivity index (χ3v) is 7.55. The van der Waals surface area contributed by atoms with E-state index >= 15 is 0 Å². The molecule has 4 aromatic rings. The van der Waals surface area contributed by atoms with Crippen LogP contribution in [0.2, 0.25) is 0 Å². The van der Waals surface area contributed by atoms with E-state index in [9.17, 15) is 19.5 Å². The molecule has 2 atom stereocenters. The number of nitrogens with zero attached hydrogens (tertiary/aromatic N) is 3. The second-order valence-electron chi connectivity index (χ2n) is 10.4. The molecule has 206 valence electrons. The van der Waals surface area contributed by atoms with Crippen molar-refractivity contribution in [3.8, 4) is 11.1 Å². The van der Waals surface area contributed by atoms with Crippen LogP contribution in [0.4, 0.5) is 10.5 Å². The summed E-state index contributed by atoms with van der Waals surface area (Å²) in [6.45, 7) is 4.14. The monoisotopic (exact) mass is 539 g/mol. The van der Waals surface area contributed by atoms with Gasteiger partial charge in [-0.15, -0.1) is 0 Å². The lowest BCUT2D eigenvalue weighted by Crippen LogP contribution is -2.49. The average molecular weight is 540 g/mol. The van der Waals surface area contributed by atoms with Gasteiger partial charge in [-0.2, -0.15) is 5.10 Å². The summed E-state index contributed by atoms with van der Waals surface area (Å²) in [6.07, 6.45) is 4.69. The maximum absolute atomic E-state index is 13.5. The number of amides is 3. The van der Waals surface area contributed by atoms with Gasteiger partial charge >= 0.3 is 6.09 Å². The van der Waals surface area contributed by atoms with Crippen molar-refractivity contribution in [3.05, 3.63) is 83.7 Å². The third kappa shape index (κ3) is 5.54. The first-order valence-corrected chi connectivity index (χ1v) is 13.4. The molecule has 1 aliphatic heterocycles. The largest absolute Gasteiger partial charge is 0.465 e. The molecule has 0 bridgehead atoms. The smallest absolute Gasteiger partial charge is 0.407 e. The number of hydrogen-bond acceptors (Lipinski definition) is 4. The van der Waals surface area contributed by atoms with E-state index in [-0.39, 0.29) is 17.9 Å². The molecule has 0 spiro atoms. The van der Waals surface area contributed by atoms with Crippen LogP contribution in [-0.4, -0.2) is 50.3 Å². The van der Waals surface area contributed by atoms with Crippen LogP contribution >= 0.6 is 0 Å². The van der Waals surface area contributed by atoms with Gasteiger partial charge < -0.3 is 15.7 Å². The van der Waals surface area contributed by atoms with E-state index in [4.69, 9.17) is 0 Å². The number of carboxylic acid groups (broad SMARTS) is 1. The van der Waals surface area contributed by atoms with Gasteiger partial charge in [0.05, 0.1) is 12.2 Å². The summed E-state index contributed by atoms with van der Waals surface area (Å²) in [5, 5.41) is 21.9. The summed E-state index contributed by atoms with van der Waals surface area (Å²) in [5.41, 5.74) is 4.65. The molecule has 0 saturated carbocycles. The average Bonchev–Trinajstić information content (AvgIpc) is 3.39. The Kier molecular flexibility index (Phi) is 7.55. The molecule has 3 N–H and O–H groups in total. The van der Waals surface area contributed by atoms with E-state index in [1.54, 1.807) is 22.9 Å². The molecular weight excluding hydrogens is 506 g/mol. The van der Waals surface area contributed by atoms with Crippen LogP contribution in [0.3, 0.4) is 0 Å². The first-order valence-electron chi connectivity index (χ1n) is 13.4. The van der Waals surface area contributed by atoms with Gasteiger partial charge in [0.2, 0.25) is 5.91 Å². The lowest BCUT2D eigenvalue weighted by Gasteiger charge is -2.32. The Hall–Kier alpha value is -4.66. The van der Waals surface area contributed by atoms with Crippen molar-refractivity contribution in [1.29, 1.82) is 0 Å². The van der Waals surface area contributed by atoms with Crippen molar-refractivity contribution in [1.82, 2.24) is 20.0 Å². The zero-order valence-corrected chi connectivity index (χ0v) is 22.8. The summed E-state index contributed by atoms with van der Waals surface area (Å²) in [7, 11) is 1.88. The van der Waals surface area contributed by atoms with Gasteiger partial charge in [0, 0.05) is 36.6 Å². The fraction of sp³-hybridized carbons (Fsp3) is 0.290. The molecule has 2 heterocycles. The fourth-order valence-corrected chi connectivity index (χ4v) is 5.39. The number of aromatic nitrogens is 2. The SMILES string of the molecule is Cc1ccc(NC(=O)C2CCCCN2C(=O)O)cc1C(=O)NC(C)c1cc(-c2cnn(C)c2)cc2ccccc12. The van der Waals surface area contributed by atoms with Crippen LogP contribution < -0.4 is 10.6 Å².